The number of anilines is 3. The van der Waals surface area contributed by atoms with Crippen molar-refractivity contribution in [2.75, 3.05) is 29.0 Å². The number of benzene rings is 1. The summed E-state index contributed by atoms with van der Waals surface area (Å²) in [7, 11) is 0. The Morgan fingerprint density at radius 1 is 1.10 bits per heavy atom. The maximum Gasteiger partial charge on any atom is 0.277 e. The Hall–Kier alpha value is -3.52. The number of nitrogens with one attached hydrogen (secondary N) is 1. The molecule has 3 N–H and O–H groups in total. The maximum absolute atomic E-state index is 13.0. The van der Waals surface area contributed by atoms with Crippen LogP contribution in [0.25, 0.3) is 21.5 Å². The van der Waals surface area contributed by atoms with Crippen molar-refractivity contribution < 1.29 is 4.79 Å². The van der Waals surface area contributed by atoms with Gasteiger partial charge in [0.15, 0.2) is 5.69 Å². The first-order valence-electron chi connectivity index (χ1n) is 10.3. The number of nitrogen functional groups attached to an aromatic ring is 1. The number of aromatic nitrogens is 3. The molecular weight excluding hydrogens is 408 g/mol. The number of thiazole rings is 1. The molecule has 1 aromatic carbocycles. The molecule has 0 saturated carbocycles. The fourth-order valence-electron chi connectivity index (χ4n) is 3.89. The molecule has 4 heterocycles. The number of pyridine rings is 2. The van der Waals surface area contributed by atoms with E-state index in [0.717, 1.165) is 48.1 Å². The van der Waals surface area contributed by atoms with Crippen LogP contribution in [-0.2, 0) is 0 Å². The van der Waals surface area contributed by atoms with Crippen molar-refractivity contribution in [3.8, 4) is 10.6 Å². The average Bonchev–Trinajstić information content (AvgIpc) is 3.21. The smallest absolute Gasteiger partial charge is 0.277 e. The van der Waals surface area contributed by atoms with E-state index in [2.05, 4.69) is 25.2 Å². The van der Waals surface area contributed by atoms with Gasteiger partial charge in [0, 0.05) is 36.4 Å². The second-order valence-electron chi connectivity index (χ2n) is 7.54. The van der Waals surface area contributed by atoms with Crippen LogP contribution >= 0.6 is 11.3 Å². The van der Waals surface area contributed by atoms with E-state index >= 15 is 0 Å². The molecule has 1 aliphatic rings. The highest BCUT2D eigenvalue weighted by Crippen LogP contribution is 2.33. The highest BCUT2D eigenvalue weighted by Gasteiger charge is 2.21. The van der Waals surface area contributed by atoms with Crippen LogP contribution in [0.15, 0.2) is 55.0 Å². The molecule has 1 amide bonds. The SMILES string of the molecule is Nc1sc(-c2ccc3cccnc3c2)nc1C(=O)Nc1cnccc1N1CCCCC1. The zero-order valence-electron chi connectivity index (χ0n) is 16.9. The molecule has 0 unspecified atom stereocenters. The lowest BCUT2D eigenvalue weighted by Crippen LogP contribution is -2.30. The Kier molecular flexibility index (Phi) is 5.21. The molecule has 1 aliphatic heterocycles. The highest BCUT2D eigenvalue weighted by atomic mass is 32.1. The van der Waals surface area contributed by atoms with Crippen LogP contribution in [0.5, 0.6) is 0 Å². The lowest BCUT2D eigenvalue weighted by Gasteiger charge is -2.30. The van der Waals surface area contributed by atoms with Gasteiger partial charge in [-0.3, -0.25) is 14.8 Å². The molecule has 0 radical (unpaired) electrons. The summed E-state index contributed by atoms with van der Waals surface area (Å²) in [4.78, 5) is 28.4. The predicted molar refractivity (Wildman–Crippen MR) is 126 cm³/mol. The van der Waals surface area contributed by atoms with Crippen molar-refractivity contribution in [2.24, 2.45) is 0 Å². The van der Waals surface area contributed by atoms with E-state index in [1.165, 1.54) is 17.8 Å². The Balaban J connectivity index is 1.41. The van der Waals surface area contributed by atoms with Crippen LogP contribution in [0, 0.1) is 0 Å². The predicted octanol–water partition coefficient (Wildman–Crippen LogP) is 4.58. The van der Waals surface area contributed by atoms with Gasteiger partial charge in [-0.05, 0) is 37.5 Å². The normalized spacial score (nSPS) is 14.0. The van der Waals surface area contributed by atoms with Gasteiger partial charge in [-0.25, -0.2) is 4.98 Å². The van der Waals surface area contributed by atoms with Gasteiger partial charge >= 0.3 is 0 Å². The number of amides is 1. The second kappa shape index (κ2) is 8.31. The molecule has 156 valence electrons. The van der Waals surface area contributed by atoms with Crippen molar-refractivity contribution in [1.29, 1.82) is 0 Å². The third-order valence-electron chi connectivity index (χ3n) is 5.46. The highest BCUT2D eigenvalue weighted by molar-refractivity contribution is 7.19. The van der Waals surface area contributed by atoms with Crippen LogP contribution < -0.4 is 16.0 Å². The number of carbonyl (C=O) groups is 1. The summed E-state index contributed by atoms with van der Waals surface area (Å²) in [6.45, 7) is 1.96. The number of nitrogens with two attached hydrogens (primary N) is 1. The van der Waals surface area contributed by atoms with E-state index in [4.69, 9.17) is 5.73 Å². The molecule has 0 atom stereocenters. The van der Waals surface area contributed by atoms with Crippen molar-refractivity contribution in [3.05, 3.63) is 60.7 Å². The fraction of sp³-hybridized carbons (Fsp3) is 0.217. The van der Waals surface area contributed by atoms with Crippen molar-refractivity contribution in [3.63, 3.8) is 0 Å². The molecule has 1 saturated heterocycles. The molecule has 31 heavy (non-hydrogen) atoms. The zero-order valence-corrected chi connectivity index (χ0v) is 17.7. The Labute approximate surface area is 184 Å². The summed E-state index contributed by atoms with van der Waals surface area (Å²) in [5.41, 5.74) is 9.84. The third-order valence-corrected chi connectivity index (χ3v) is 6.40. The topological polar surface area (TPSA) is 97.0 Å². The van der Waals surface area contributed by atoms with Gasteiger partial charge in [-0.2, -0.15) is 0 Å². The lowest BCUT2D eigenvalue weighted by molar-refractivity contribution is 0.102. The van der Waals surface area contributed by atoms with Crippen LogP contribution in [-0.4, -0.2) is 33.9 Å². The van der Waals surface area contributed by atoms with Gasteiger partial charge in [-0.1, -0.05) is 29.5 Å². The minimum absolute atomic E-state index is 0.231. The fourth-order valence-corrected chi connectivity index (χ4v) is 4.72. The van der Waals surface area contributed by atoms with E-state index < -0.39 is 0 Å². The largest absolute Gasteiger partial charge is 0.389 e. The standard InChI is InChI=1S/C23H22N6OS/c24-21-20(28-23(31-21)16-7-6-15-5-4-9-26-17(15)13-16)22(30)27-18-14-25-10-8-19(18)29-11-2-1-3-12-29/h4-10,13-14H,1-3,11-12,24H2,(H,27,30). The van der Waals surface area contributed by atoms with Crippen molar-refractivity contribution in [2.45, 2.75) is 19.3 Å². The summed E-state index contributed by atoms with van der Waals surface area (Å²) in [6, 6.07) is 11.8. The Morgan fingerprint density at radius 2 is 1.97 bits per heavy atom. The number of fused-ring (bicyclic) bond motifs is 1. The zero-order chi connectivity index (χ0) is 21.2. The van der Waals surface area contributed by atoms with E-state index in [-0.39, 0.29) is 11.6 Å². The molecule has 0 bridgehead atoms. The number of rotatable bonds is 4. The maximum atomic E-state index is 13.0. The first kappa shape index (κ1) is 19.4. The molecule has 5 rings (SSSR count). The van der Waals surface area contributed by atoms with Crippen LogP contribution in [0.4, 0.5) is 16.4 Å². The molecular formula is C23H22N6OS. The summed E-state index contributed by atoms with van der Waals surface area (Å²) in [5.74, 6) is -0.329. The lowest BCUT2D eigenvalue weighted by atomic mass is 10.1. The number of hydrogen-bond donors (Lipinski definition) is 2. The first-order valence-corrected chi connectivity index (χ1v) is 11.1. The number of carbonyl (C=O) groups excluding carboxylic acids is 1. The number of hydrogen-bond acceptors (Lipinski definition) is 7. The second-order valence-corrected chi connectivity index (χ2v) is 8.57. The molecule has 8 heteroatoms. The van der Waals surface area contributed by atoms with Crippen molar-refractivity contribution in [1.82, 2.24) is 15.0 Å². The summed E-state index contributed by atoms with van der Waals surface area (Å²) in [5, 5.41) is 5.10. The quantitative estimate of drug-likeness (QED) is 0.492. The van der Waals surface area contributed by atoms with Gasteiger partial charge in [0.1, 0.15) is 10.0 Å². The molecule has 0 aliphatic carbocycles. The summed E-state index contributed by atoms with van der Waals surface area (Å²) in [6.07, 6.45) is 8.74. The average molecular weight is 431 g/mol. The summed E-state index contributed by atoms with van der Waals surface area (Å²) < 4.78 is 0. The van der Waals surface area contributed by atoms with E-state index in [1.54, 1.807) is 18.6 Å². The third kappa shape index (κ3) is 3.94. The molecule has 7 nitrogen and oxygen atoms in total. The summed E-state index contributed by atoms with van der Waals surface area (Å²) >= 11 is 1.30. The first-order chi connectivity index (χ1) is 15.2. The van der Waals surface area contributed by atoms with E-state index in [9.17, 15) is 4.79 Å². The number of nitrogens with zero attached hydrogens (tertiary/aromatic N) is 4. The number of piperidine rings is 1. The molecule has 3 aromatic heterocycles. The Bertz CT molecular complexity index is 1250. The minimum atomic E-state index is -0.329. The Morgan fingerprint density at radius 3 is 2.84 bits per heavy atom. The molecule has 4 aromatic rings. The molecule has 0 spiro atoms. The van der Waals surface area contributed by atoms with Crippen LogP contribution in [0.2, 0.25) is 0 Å². The van der Waals surface area contributed by atoms with Gasteiger partial charge in [0.2, 0.25) is 0 Å². The van der Waals surface area contributed by atoms with Gasteiger partial charge in [0.05, 0.1) is 23.1 Å². The minimum Gasteiger partial charge on any atom is -0.389 e. The monoisotopic (exact) mass is 430 g/mol. The van der Waals surface area contributed by atoms with E-state index in [1.807, 2.05) is 36.4 Å². The van der Waals surface area contributed by atoms with Gasteiger partial charge < -0.3 is 16.0 Å². The van der Waals surface area contributed by atoms with Crippen LogP contribution in [0.1, 0.15) is 29.8 Å². The molecule has 1 fully saturated rings. The van der Waals surface area contributed by atoms with Crippen LogP contribution in [0.3, 0.4) is 0 Å². The van der Waals surface area contributed by atoms with Gasteiger partial charge in [-0.15, -0.1) is 0 Å². The van der Waals surface area contributed by atoms with Gasteiger partial charge in [0.25, 0.3) is 5.91 Å². The van der Waals surface area contributed by atoms with Crippen molar-refractivity contribution >= 4 is 44.5 Å². The van der Waals surface area contributed by atoms with E-state index in [0.29, 0.717) is 15.7 Å².